The van der Waals surface area contributed by atoms with Crippen molar-refractivity contribution in [2.45, 2.75) is 26.9 Å². The molecule has 0 spiro atoms. The lowest BCUT2D eigenvalue weighted by atomic mass is 10.2. The number of imidazole rings is 1. The van der Waals surface area contributed by atoms with Gasteiger partial charge in [-0.05, 0) is 49.2 Å². The van der Waals surface area contributed by atoms with Gasteiger partial charge in [0.1, 0.15) is 12.3 Å². The maximum absolute atomic E-state index is 12.7. The van der Waals surface area contributed by atoms with Crippen LogP contribution in [0.3, 0.4) is 0 Å². The van der Waals surface area contributed by atoms with Crippen molar-refractivity contribution in [3.05, 3.63) is 75.9 Å². The van der Waals surface area contributed by atoms with Crippen LogP contribution in [-0.2, 0) is 13.0 Å². The summed E-state index contributed by atoms with van der Waals surface area (Å²) >= 11 is 1.53. The number of ether oxygens (including phenoxy) is 2. The molecule has 0 fully saturated rings. The van der Waals surface area contributed by atoms with Crippen molar-refractivity contribution in [1.29, 1.82) is 0 Å². The van der Waals surface area contributed by atoms with Gasteiger partial charge in [0.2, 0.25) is 0 Å². The van der Waals surface area contributed by atoms with Crippen LogP contribution in [0.2, 0.25) is 0 Å². The maximum Gasteiger partial charge on any atom is 0.265 e. The van der Waals surface area contributed by atoms with Crippen molar-refractivity contribution in [3.8, 4) is 11.5 Å². The van der Waals surface area contributed by atoms with Crippen LogP contribution in [0.4, 0.5) is 5.69 Å². The van der Waals surface area contributed by atoms with Crippen LogP contribution in [0.1, 0.15) is 32.7 Å². The topological polar surface area (TPSA) is 64.9 Å². The van der Waals surface area contributed by atoms with Crippen LogP contribution in [0.15, 0.2) is 54.9 Å². The Morgan fingerprint density at radius 2 is 2.07 bits per heavy atom. The van der Waals surface area contributed by atoms with Gasteiger partial charge in [0.15, 0.2) is 11.5 Å². The summed E-state index contributed by atoms with van der Waals surface area (Å²) < 4.78 is 13.3. The second-order valence-electron chi connectivity index (χ2n) is 6.88. The summed E-state index contributed by atoms with van der Waals surface area (Å²) in [7, 11) is 1.59. The molecule has 0 bridgehead atoms. The number of aromatic nitrogens is 2. The van der Waals surface area contributed by atoms with E-state index in [0.717, 1.165) is 23.3 Å². The molecular weight excluding hydrogens is 398 g/mol. The van der Waals surface area contributed by atoms with Gasteiger partial charge in [-0.1, -0.05) is 13.0 Å². The minimum Gasteiger partial charge on any atom is -0.493 e. The first kappa shape index (κ1) is 20.0. The van der Waals surface area contributed by atoms with Gasteiger partial charge in [-0.2, -0.15) is 0 Å². The van der Waals surface area contributed by atoms with Crippen LogP contribution < -0.4 is 14.8 Å². The Hall–Kier alpha value is -3.32. The van der Waals surface area contributed by atoms with E-state index in [-0.39, 0.29) is 5.91 Å². The number of anilines is 1. The molecule has 0 radical (unpaired) electrons. The molecule has 7 heteroatoms. The molecule has 154 valence electrons. The van der Waals surface area contributed by atoms with E-state index in [9.17, 15) is 4.79 Å². The molecule has 1 amide bonds. The fraction of sp³-hybridized carbons (Fsp3) is 0.217. The molecule has 4 aromatic rings. The van der Waals surface area contributed by atoms with E-state index in [2.05, 4.69) is 17.2 Å². The third-order valence-electron chi connectivity index (χ3n) is 4.78. The number of carbonyl (C=O) groups is 1. The number of nitrogens with zero attached hydrogens (tertiary/aromatic N) is 2. The van der Waals surface area contributed by atoms with Crippen LogP contribution >= 0.6 is 11.3 Å². The van der Waals surface area contributed by atoms with Gasteiger partial charge in [0, 0.05) is 29.0 Å². The van der Waals surface area contributed by atoms with Gasteiger partial charge in [-0.3, -0.25) is 4.79 Å². The number of aryl methyl sites for hydroxylation is 2. The van der Waals surface area contributed by atoms with Crippen molar-refractivity contribution < 1.29 is 14.3 Å². The average molecular weight is 422 g/mol. The molecule has 0 aliphatic carbocycles. The first-order chi connectivity index (χ1) is 14.6. The Bertz CT molecular complexity index is 1160. The lowest BCUT2D eigenvalue weighted by molar-refractivity contribution is 0.103. The molecule has 0 aliphatic heterocycles. The molecule has 3 aromatic heterocycles. The second kappa shape index (κ2) is 8.59. The van der Waals surface area contributed by atoms with E-state index in [1.165, 1.54) is 16.2 Å². The number of benzene rings is 1. The molecule has 0 atom stereocenters. The highest BCUT2D eigenvalue weighted by Gasteiger charge is 2.14. The zero-order chi connectivity index (χ0) is 21.1. The fourth-order valence-corrected chi connectivity index (χ4v) is 4.26. The zero-order valence-electron chi connectivity index (χ0n) is 17.1. The van der Waals surface area contributed by atoms with Crippen molar-refractivity contribution in [2.75, 3.05) is 12.4 Å². The van der Waals surface area contributed by atoms with E-state index >= 15 is 0 Å². The molecule has 6 nitrogen and oxygen atoms in total. The molecule has 0 saturated heterocycles. The number of fused-ring (bicyclic) bond motifs is 1. The summed E-state index contributed by atoms with van der Waals surface area (Å²) in [5.74, 6) is 1.01. The Morgan fingerprint density at radius 1 is 1.20 bits per heavy atom. The van der Waals surface area contributed by atoms with Gasteiger partial charge in [-0.25, -0.2) is 4.98 Å². The second-order valence-corrected chi connectivity index (χ2v) is 8.01. The number of rotatable bonds is 7. The average Bonchev–Trinajstić information content (AvgIpc) is 3.35. The summed E-state index contributed by atoms with van der Waals surface area (Å²) in [6.45, 7) is 4.42. The quantitative estimate of drug-likeness (QED) is 0.451. The fourth-order valence-electron chi connectivity index (χ4n) is 3.25. The molecule has 30 heavy (non-hydrogen) atoms. The predicted octanol–water partition coefficient (Wildman–Crippen LogP) is 5.11. The highest BCUT2D eigenvalue weighted by Crippen LogP contribution is 2.31. The van der Waals surface area contributed by atoms with Crippen molar-refractivity contribution in [3.63, 3.8) is 0 Å². The molecular formula is C23H23N3O3S. The molecule has 0 unspecified atom stereocenters. The monoisotopic (exact) mass is 421 g/mol. The summed E-state index contributed by atoms with van der Waals surface area (Å²) in [6.07, 6.45) is 4.80. The van der Waals surface area contributed by atoms with Gasteiger partial charge in [0.25, 0.3) is 5.91 Å². The van der Waals surface area contributed by atoms with E-state index < -0.39 is 0 Å². The first-order valence-electron chi connectivity index (χ1n) is 9.71. The standard InChI is InChI=1S/C23H23N3O3S/c1-4-20-15(2)11-21(30-20)23(27)25-16-8-9-18(28-3)19(12-16)29-14-17-13-26-10-6-5-7-22(26)24-17/h5-13H,4,14H2,1-3H3,(H,25,27). The Labute approximate surface area is 179 Å². The van der Waals surface area contributed by atoms with E-state index in [1.807, 2.05) is 48.0 Å². The maximum atomic E-state index is 12.7. The molecule has 1 aromatic carbocycles. The predicted molar refractivity (Wildman–Crippen MR) is 119 cm³/mol. The third kappa shape index (κ3) is 4.16. The first-order valence-corrected chi connectivity index (χ1v) is 10.5. The number of hydrogen-bond acceptors (Lipinski definition) is 5. The van der Waals surface area contributed by atoms with Crippen molar-refractivity contribution in [2.24, 2.45) is 0 Å². The lowest BCUT2D eigenvalue weighted by Gasteiger charge is -2.12. The van der Waals surface area contributed by atoms with Crippen molar-refractivity contribution in [1.82, 2.24) is 9.38 Å². The van der Waals surface area contributed by atoms with Gasteiger partial charge in [-0.15, -0.1) is 11.3 Å². The number of amides is 1. The number of methoxy groups -OCH3 is 1. The number of hydrogen-bond donors (Lipinski definition) is 1. The summed E-state index contributed by atoms with van der Waals surface area (Å²) in [6, 6.07) is 13.1. The summed E-state index contributed by atoms with van der Waals surface area (Å²) in [5.41, 5.74) is 3.47. The highest BCUT2D eigenvalue weighted by atomic mass is 32.1. The van der Waals surface area contributed by atoms with Crippen LogP contribution in [0, 0.1) is 6.92 Å². The van der Waals surface area contributed by atoms with E-state index in [4.69, 9.17) is 9.47 Å². The molecule has 0 saturated carbocycles. The molecule has 4 rings (SSSR count). The Morgan fingerprint density at radius 3 is 2.80 bits per heavy atom. The minimum atomic E-state index is -0.126. The van der Waals surface area contributed by atoms with Gasteiger partial charge in [0.05, 0.1) is 17.7 Å². The Kier molecular flexibility index (Phi) is 5.72. The molecule has 3 heterocycles. The van der Waals surface area contributed by atoms with Gasteiger partial charge >= 0.3 is 0 Å². The van der Waals surface area contributed by atoms with E-state index in [1.54, 1.807) is 25.3 Å². The lowest BCUT2D eigenvalue weighted by Crippen LogP contribution is -2.10. The third-order valence-corrected chi connectivity index (χ3v) is 6.16. The highest BCUT2D eigenvalue weighted by molar-refractivity contribution is 7.14. The van der Waals surface area contributed by atoms with Crippen LogP contribution in [-0.4, -0.2) is 22.4 Å². The summed E-state index contributed by atoms with van der Waals surface area (Å²) in [4.78, 5) is 19.1. The number of thiophene rings is 1. The minimum absolute atomic E-state index is 0.126. The smallest absolute Gasteiger partial charge is 0.265 e. The Balaban J connectivity index is 1.50. The number of nitrogens with one attached hydrogen (secondary N) is 1. The number of pyridine rings is 1. The molecule has 1 N–H and O–H groups in total. The van der Waals surface area contributed by atoms with Crippen molar-refractivity contribution >= 4 is 28.6 Å². The summed E-state index contributed by atoms with van der Waals surface area (Å²) in [5, 5.41) is 2.95. The zero-order valence-corrected chi connectivity index (χ0v) is 18.0. The number of carbonyl (C=O) groups excluding carboxylic acids is 1. The SMILES string of the molecule is CCc1sc(C(=O)Nc2ccc(OC)c(OCc3cn4ccccc4n3)c2)cc1C. The normalized spacial score (nSPS) is 10.9. The largest absolute Gasteiger partial charge is 0.493 e. The van der Waals surface area contributed by atoms with Crippen LogP contribution in [0.5, 0.6) is 11.5 Å². The van der Waals surface area contributed by atoms with Crippen LogP contribution in [0.25, 0.3) is 5.65 Å². The van der Waals surface area contributed by atoms with Gasteiger partial charge < -0.3 is 19.2 Å². The van der Waals surface area contributed by atoms with E-state index in [0.29, 0.717) is 28.7 Å². The molecule has 0 aliphatic rings.